The summed E-state index contributed by atoms with van der Waals surface area (Å²) in [6.45, 7) is 0.236. The van der Waals surface area contributed by atoms with Crippen molar-refractivity contribution in [1.82, 2.24) is 9.62 Å². The number of hydrogen-bond donors (Lipinski definition) is 1. The van der Waals surface area contributed by atoms with Crippen LogP contribution in [0, 0.1) is 5.82 Å². The molecule has 120 valence electrons. The monoisotopic (exact) mass is 406 g/mol. The summed E-state index contributed by atoms with van der Waals surface area (Å²) in [5, 5.41) is 1.96. The lowest BCUT2D eigenvalue weighted by Gasteiger charge is -2.23. The van der Waals surface area contributed by atoms with Gasteiger partial charge >= 0.3 is 0 Å². The number of halogens is 2. The lowest BCUT2D eigenvalue weighted by molar-refractivity contribution is 0.303. The first-order valence-corrected chi connectivity index (χ1v) is 9.61. The van der Waals surface area contributed by atoms with Crippen molar-refractivity contribution in [3.8, 4) is 0 Å². The fourth-order valence-electron chi connectivity index (χ4n) is 1.98. The third-order valence-corrected chi connectivity index (χ3v) is 6.52. The molecule has 0 amide bonds. The molecule has 0 spiro atoms. The Labute approximate surface area is 142 Å². The minimum Gasteiger partial charge on any atom is -0.300 e. The maximum atomic E-state index is 13.1. The van der Waals surface area contributed by atoms with Gasteiger partial charge in [-0.1, -0.05) is 6.07 Å². The molecule has 1 unspecified atom stereocenters. The van der Waals surface area contributed by atoms with Crippen molar-refractivity contribution in [3.63, 3.8) is 0 Å². The van der Waals surface area contributed by atoms with Crippen molar-refractivity contribution in [2.75, 3.05) is 20.6 Å². The molecular formula is C14H16BrFN2O2S2. The molecule has 0 saturated carbocycles. The largest absolute Gasteiger partial charge is 0.300 e. The lowest BCUT2D eigenvalue weighted by Crippen LogP contribution is -2.34. The van der Waals surface area contributed by atoms with E-state index in [1.165, 1.54) is 6.07 Å². The number of benzene rings is 1. The van der Waals surface area contributed by atoms with Crippen LogP contribution >= 0.6 is 27.3 Å². The minimum atomic E-state index is -3.71. The number of likely N-dealkylation sites (N-methyl/N-ethyl adjacent to an activating group) is 1. The van der Waals surface area contributed by atoms with Crippen molar-refractivity contribution in [2.24, 2.45) is 0 Å². The van der Waals surface area contributed by atoms with Gasteiger partial charge in [0, 0.05) is 15.9 Å². The molecule has 1 N–H and O–H groups in total. The smallest absolute Gasteiger partial charge is 0.241 e. The van der Waals surface area contributed by atoms with E-state index in [1.54, 1.807) is 11.3 Å². The van der Waals surface area contributed by atoms with Crippen molar-refractivity contribution >= 4 is 37.3 Å². The molecule has 1 atom stereocenters. The zero-order valence-electron chi connectivity index (χ0n) is 12.1. The van der Waals surface area contributed by atoms with E-state index < -0.39 is 15.8 Å². The van der Waals surface area contributed by atoms with Gasteiger partial charge < -0.3 is 4.90 Å². The molecule has 0 aliphatic carbocycles. The van der Waals surface area contributed by atoms with Crippen LogP contribution in [-0.4, -0.2) is 34.0 Å². The number of nitrogens with zero attached hydrogens (tertiary/aromatic N) is 1. The van der Waals surface area contributed by atoms with Crippen LogP contribution in [0.5, 0.6) is 0 Å². The second kappa shape index (κ2) is 7.18. The number of hydrogen-bond acceptors (Lipinski definition) is 4. The number of nitrogens with one attached hydrogen (secondary N) is 1. The predicted octanol–water partition coefficient (Wildman–Crippen LogP) is 3.23. The van der Waals surface area contributed by atoms with Crippen molar-refractivity contribution in [2.45, 2.75) is 10.9 Å². The van der Waals surface area contributed by atoms with Crippen LogP contribution in [0.3, 0.4) is 0 Å². The highest BCUT2D eigenvalue weighted by Gasteiger charge is 2.22. The SMILES string of the molecule is CN(C)C(CNS(=O)(=O)c1ccc(F)cc1Br)c1cccs1. The molecule has 1 aromatic carbocycles. The average molecular weight is 407 g/mol. The Morgan fingerprint density at radius 2 is 2.09 bits per heavy atom. The van der Waals surface area contributed by atoms with Crippen LogP contribution in [0.2, 0.25) is 0 Å². The number of thiophene rings is 1. The van der Waals surface area contributed by atoms with E-state index in [4.69, 9.17) is 0 Å². The molecule has 0 radical (unpaired) electrons. The Balaban J connectivity index is 2.18. The average Bonchev–Trinajstić information content (AvgIpc) is 2.91. The summed E-state index contributed by atoms with van der Waals surface area (Å²) in [6.07, 6.45) is 0. The van der Waals surface area contributed by atoms with Crippen molar-refractivity contribution in [1.29, 1.82) is 0 Å². The molecule has 2 rings (SSSR count). The second-order valence-corrected chi connectivity index (χ2v) is 8.49. The first-order valence-electron chi connectivity index (χ1n) is 6.46. The first-order chi connectivity index (χ1) is 10.3. The molecule has 1 heterocycles. The van der Waals surface area contributed by atoms with E-state index in [0.717, 1.165) is 17.0 Å². The van der Waals surface area contributed by atoms with Gasteiger partial charge in [0.15, 0.2) is 0 Å². The van der Waals surface area contributed by atoms with Gasteiger partial charge in [0.05, 0.1) is 10.9 Å². The molecular weight excluding hydrogens is 391 g/mol. The van der Waals surface area contributed by atoms with E-state index in [9.17, 15) is 12.8 Å². The molecule has 0 saturated heterocycles. The first kappa shape index (κ1) is 17.6. The zero-order chi connectivity index (χ0) is 16.3. The Morgan fingerprint density at radius 1 is 1.36 bits per heavy atom. The predicted molar refractivity (Wildman–Crippen MR) is 90.0 cm³/mol. The van der Waals surface area contributed by atoms with Crippen LogP contribution in [0.1, 0.15) is 10.9 Å². The Morgan fingerprint density at radius 3 is 2.64 bits per heavy atom. The molecule has 0 bridgehead atoms. The van der Waals surface area contributed by atoms with Gasteiger partial charge in [0.25, 0.3) is 0 Å². The zero-order valence-corrected chi connectivity index (χ0v) is 15.3. The summed E-state index contributed by atoms with van der Waals surface area (Å²) in [5.41, 5.74) is 0. The van der Waals surface area contributed by atoms with E-state index in [1.807, 2.05) is 36.5 Å². The molecule has 4 nitrogen and oxygen atoms in total. The van der Waals surface area contributed by atoms with Crippen LogP contribution in [0.4, 0.5) is 4.39 Å². The third kappa shape index (κ3) is 4.14. The Kier molecular flexibility index (Phi) is 5.73. The summed E-state index contributed by atoms with van der Waals surface area (Å²) in [7, 11) is 0.0777. The molecule has 0 fully saturated rings. The van der Waals surface area contributed by atoms with Gasteiger partial charge in [-0.3, -0.25) is 0 Å². The van der Waals surface area contributed by atoms with E-state index in [2.05, 4.69) is 20.7 Å². The van der Waals surface area contributed by atoms with Gasteiger partial charge in [-0.2, -0.15) is 0 Å². The van der Waals surface area contributed by atoms with Gasteiger partial charge in [-0.05, 0) is 59.7 Å². The molecule has 0 aliphatic heterocycles. The van der Waals surface area contributed by atoms with E-state index in [-0.39, 0.29) is 22.0 Å². The second-order valence-electron chi connectivity index (χ2n) is 4.92. The highest BCUT2D eigenvalue weighted by atomic mass is 79.9. The summed E-state index contributed by atoms with van der Waals surface area (Å²) < 4.78 is 40.7. The molecule has 2 aromatic rings. The van der Waals surface area contributed by atoms with Crippen LogP contribution in [0.15, 0.2) is 45.1 Å². The maximum absolute atomic E-state index is 13.1. The molecule has 0 aliphatic rings. The molecule has 22 heavy (non-hydrogen) atoms. The molecule has 8 heteroatoms. The third-order valence-electron chi connectivity index (χ3n) is 3.15. The summed E-state index contributed by atoms with van der Waals surface area (Å²) in [6, 6.07) is 7.35. The van der Waals surface area contributed by atoms with Gasteiger partial charge in [0.1, 0.15) is 5.82 Å². The van der Waals surface area contributed by atoms with Crippen LogP contribution in [-0.2, 0) is 10.0 Å². The van der Waals surface area contributed by atoms with Crippen LogP contribution < -0.4 is 4.72 Å². The van der Waals surface area contributed by atoms with Crippen LogP contribution in [0.25, 0.3) is 0 Å². The normalized spacial score (nSPS) is 13.5. The highest BCUT2D eigenvalue weighted by Crippen LogP contribution is 2.25. The van der Waals surface area contributed by atoms with E-state index >= 15 is 0 Å². The van der Waals surface area contributed by atoms with Gasteiger partial charge in [-0.25, -0.2) is 17.5 Å². The standard InChI is InChI=1S/C14H16BrFN2O2S2/c1-18(2)12(13-4-3-7-21-13)9-17-22(19,20)14-6-5-10(16)8-11(14)15/h3-8,12,17H,9H2,1-2H3. The van der Waals surface area contributed by atoms with Gasteiger partial charge in [0.2, 0.25) is 10.0 Å². The summed E-state index contributed by atoms with van der Waals surface area (Å²) in [5.74, 6) is -0.490. The van der Waals surface area contributed by atoms with E-state index in [0.29, 0.717) is 0 Å². The lowest BCUT2D eigenvalue weighted by atomic mass is 10.2. The quantitative estimate of drug-likeness (QED) is 0.800. The number of sulfonamides is 1. The highest BCUT2D eigenvalue weighted by molar-refractivity contribution is 9.10. The fourth-order valence-corrected chi connectivity index (χ4v) is 4.99. The number of rotatable bonds is 6. The summed E-state index contributed by atoms with van der Waals surface area (Å²) >= 11 is 4.67. The maximum Gasteiger partial charge on any atom is 0.241 e. The Bertz CT molecular complexity index is 733. The van der Waals surface area contributed by atoms with Crippen molar-refractivity contribution in [3.05, 3.63) is 50.9 Å². The Hall–Kier alpha value is -0.800. The summed E-state index contributed by atoms with van der Waals surface area (Å²) in [4.78, 5) is 3.05. The topological polar surface area (TPSA) is 49.4 Å². The van der Waals surface area contributed by atoms with Gasteiger partial charge in [-0.15, -0.1) is 11.3 Å². The minimum absolute atomic E-state index is 0.0255. The van der Waals surface area contributed by atoms with Crippen molar-refractivity contribution < 1.29 is 12.8 Å². The fraction of sp³-hybridized carbons (Fsp3) is 0.286. The molecule has 1 aromatic heterocycles.